The Morgan fingerprint density at radius 3 is 2.67 bits per heavy atom. The number of hydrogen-bond donors (Lipinski definition) is 0. The molecule has 0 N–H and O–H groups in total. The summed E-state index contributed by atoms with van der Waals surface area (Å²) in [5.74, 6) is -1.61. The number of rotatable bonds is 8. The summed E-state index contributed by atoms with van der Waals surface area (Å²) in [6.45, 7) is 10.1. The Kier molecular flexibility index (Phi) is 8.61. The maximum Gasteiger partial charge on any atom is 0.246 e. The first-order chi connectivity index (χ1) is 23.2. The predicted molar refractivity (Wildman–Crippen MR) is 184 cm³/mol. The largest absolute Gasteiger partial charge is 0.490 e. The average molecular weight is 670 g/mol. The standard InChI is InChI=1S/C37H37F2N5O3S/c1-6-32(45)43-12-13-44-30(22(43)3)20-29(41-44)36-34(33-28(39)18-25(38)19-31(33)47-15-14-46-5)37-27(10-16-48-37)35(40-36)24-7-8-26-21(2)42(4)11-9-23(26)17-24/h6-8,10,16-22H,1,9,11-15H2,2-5H3/t21-,22-/m1/s1. The lowest BCUT2D eigenvalue weighted by atomic mass is 9.90. The zero-order valence-corrected chi connectivity index (χ0v) is 28.2. The van der Waals surface area contributed by atoms with Crippen LogP contribution >= 0.6 is 11.3 Å². The highest BCUT2D eigenvalue weighted by Crippen LogP contribution is 2.48. The summed E-state index contributed by atoms with van der Waals surface area (Å²) in [6.07, 6.45) is 2.25. The van der Waals surface area contributed by atoms with E-state index in [2.05, 4.69) is 43.6 Å². The van der Waals surface area contributed by atoms with Crippen LogP contribution in [0.3, 0.4) is 0 Å². The van der Waals surface area contributed by atoms with Crippen LogP contribution in [-0.2, 0) is 22.5 Å². The van der Waals surface area contributed by atoms with E-state index in [0.29, 0.717) is 36.1 Å². The summed E-state index contributed by atoms with van der Waals surface area (Å²) in [7, 11) is 3.68. The Bertz CT molecular complexity index is 2060. The predicted octanol–water partition coefficient (Wildman–Crippen LogP) is 7.44. The topological polar surface area (TPSA) is 72.7 Å². The van der Waals surface area contributed by atoms with Crippen LogP contribution < -0.4 is 4.74 Å². The Morgan fingerprint density at radius 1 is 1.04 bits per heavy atom. The van der Waals surface area contributed by atoms with Gasteiger partial charge >= 0.3 is 0 Å². The van der Waals surface area contributed by atoms with E-state index >= 15 is 4.39 Å². The third-order valence-corrected chi connectivity index (χ3v) is 10.6. The number of nitrogens with zero attached hydrogens (tertiary/aromatic N) is 5. The van der Waals surface area contributed by atoms with Crippen LogP contribution in [0, 0.1) is 11.6 Å². The highest BCUT2D eigenvalue weighted by atomic mass is 32.1. The van der Waals surface area contributed by atoms with E-state index in [4.69, 9.17) is 19.6 Å². The first-order valence-electron chi connectivity index (χ1n) is 16.1. The van der Waals surface area contributed by atoms with Gasteiger partial charge in [-0.05, 0) is 68.1 Å². The minimum Gasteiger partial charge on any atom is -0.490 e. The van der Waals surface area contributed by atoms with Gasteiger partial charge in [-0.2, -0.15) is 5.10 Å². The number of benzene rings is 2. The molecule has 0 radical (unpaired) electrons. The van der Waals surface area contributed by atoms with Crippen molar-refractivity contribution in [2.45, 2.75) is 38.9 Å². The molecule has 0 unspecified atom stereocenters. The van der Waals surface area contributed by atoms with E-state index in [1.54, 1.807) is 4.90 Å². The van der Waals surface area contributed by atoms with Crippen molar-refractivity contribution in [2.24, 2.45) is 0 Å². The van der Waals surface area contributed by atoms with Crippen LogP contribution in [0.5, 0.6) is 5.75 Å². The second-order valence-electron chi connectivity index (χ2n) is 12.4. The van der Waals surface area contributed by atoms with E-state index in [0.717, 1.165) is 46.1 Å². The lowest BCUT2D eigenvalue weighted by Crippen LogP contribution is -2.40. The van der Waals surface area contributed by atoms with Crippen molar-refractivity contribution in [3.63, 3.8) is 0 Å². The molecule has 2 aliphatic rings. The molecule has 2 atom stereocenters. The van der Waals surface area contributed by atoms with Gasteiger partial charge in [0.05, 0.1) is 36.1 Å². The van der Waals surface area contributed by atoms with Crippen molar-refractivity contribution in [1.29, 1.82) is 0 Å². The van der Waals surface area contributed by atoms with Gasteiger partial charge in [-0.3, -0.25) is 14.4 Å². The van der Waals surface area contributed by atoms with Crippen LogP contribution in [0.2, 0.25) is 0 Å². The molecule has 7 rings (SSSR count). The van der Waals surface area contributed by atoms with Gasteiger partial charge in [-0.25, -0.2) is 13.8 Å². The summed E-state index contributed by atoms with van der Waals surface area (Å²) >= 11 is 1.46. The lowest BCUT2D eigenvalue weighted by Gasteiger charge is -2.33. The molecule has 0 saturated heterocycles. The molecule has 0 fully saturated rings. The van der Waals surface area contributed by atoms with Gasteiger partial charge in [0.1, 0.15) is 35.4 Å². The highest BCUT2D eigenvalue weighted by molar-refractivity contribution is 7.18. The van der Waals surface area contributed by atoms with Crippen LogP contribution in [0.15, 0.2) is 60.5 Å². The first-order valence-corrected chi connectivity index (χ1v) is 16.9. The maximum atomic E-state index is 16.1. The van der Waals surface area contributed by atoms with Crippen molar-refractivity contribution in [3.05, 3.63) is 89.0 Å². The fraction of sp³-hybridized carbons (Fsp3) is 0.324. The molecular formula is C37H37F2N5O3S. The number of halogens is 2. The molecule has 1 amide bonds. The number of methoxy groups -OCH3 is 1. The number of amides is 1. The summed E-state index contributed by atoms with van der Waals surface area (Å²) in [5.41, 5.74) is 6.68. The molecule has 5 heterocycles. The molecule has 0 aliphatic carbocycles. The summed E-state index contributed by atoms with van der Waals surface area (Å²) in [6, 6.07) is 12.5. The number of ether oxygens (including phenoxy) is 2. The van der Waals surface area contributed by atoms with E-state index < -0.39 is 11.6 Å². The van der Waals surface area contributed by atoms with Gasteiger partial charge in [0.15, 0.2) is 0 Å². The molecule has 0 saturated carbocycles. The second kappa shape index (κ2) is 12.9. The molecule has 3 aromatic heterocycles. The van der Waals surface area contributed by atoms with Crippen molar-refractivity contribution in [2.75, 3.05) is 40.5 Å². The molecule has 5 aromatic rings. The monoisotopic (exact) mass is 669 g/mol. The Balaban J connectivity index is 1.48. The third-order valence-electron chi connectivity index (χ3n) is 9.64. The average Bonchev–Trinajstić information content (AvgIpc) is 3.74. The van der Waals surface area contributed by atoms with Gasteiger partial charge in [0, 0.05) is 59.6 Å². The fourth-order valence-corrected chi connectivity index (χ4v) is 7.89. The van der Waals surface area contributed by atoms with E-state index in [-0.39, 0.29) is 36.5 Å². The lowest BCUT2D eigenvalue weighted by molar-refractivity contribution is -0.129. The number of fused-ring (bicyclic) bond motifs is 3. The van der Waals surface area contributed by atoms with E-state index in [1.807, 2.05) is 29.1 Å². The van der Waals surface area contributed by atoms with Crippen LogP contribution in [-0.4, -0.2) is 70.9 Å². The van der Waals surface area contributed by atoms with Crippen molar-refractivity contribution < 1.29 is 23.0 Å². The molecule has 11 heteroatoms. The molecule has 0 spiro atoms. The fourth-order valence-electron chi connectivity index (χ4n) is 6.94. The van der Waals surface area contributed by atoms with E-state index in [1.165, 1.54) is 41.7 Å². The Labute approximate surface area is 282 Å². The molecular weight excluding hydrogens is 633 g/mol. The smallest absolute Gasteiger partial charge is 0.246 e. The Morgan fingerprint density at radius 2 is 1.88 bits per heavy atom. The minimum absolute atomic E-state index is 0.0574. The summed E-state index contributed by atoms with van der Waals surface area (Å²) in [4.78, 5) is 22.0. The number of hydrogen-bond acceptors (Lipinski definition) is 7. The zero-order valence-electron chi connectivity index (χ0n) is 27.4. The van der Waals surface area contributed by atoms with Gasteiger partial charge < -0.3 is 14.4 Å². The molecule has 0 bridgehead atoms. The molecule has 248 valence electrons. The van der Waals surface area contributed by atoms with Crippen LogP contribution in [0.1, 0.15) is 42.8 Å². The zero-order chi connectivity index (χ0) is 33.7. The number of carbonyl (C=O) groups is 1. The Hall–Kier alpha value is -4.45. The molecule has 2 aliphatic heterocycles. The van der Waals surface area contributed by atoms with Crippen LogP contribution in [0.4, 0.5) is 8.78 Å². The van der Waals surface area contributed by atoms with Gasteiger partial charge in [-0.15, -0.1) is 11.3 Å². The summed E-state index contributed by atoms with van der Waals surface area (Å²) < 4.78 is 44.6. The van der Waals surface area contributed by atoms with Crippen molar-refractivity contribution >= 4 is 27.3 Å². The van der Waals surface area contributed by atoms with Crippen molar-refractivity contribution in [1.82, 2.24) is 24.6 Å². The SMILES string of the molecule is C=CC(=O)N1CCn2nc(-c3nc(-c4ccc5c(c4)CCN(C)[C@@H]5C)c4ccsc4c3-c3c(F)cc(F)cc3OCCOC)cc2[C@H]1C. The number of aromatic nitrogens is 3. The molecule has 2 aromatic carbocycles. The number of likely N-dealkylation sites (N-methyl/N-ethyl adjacent to an activating group) is 1. The summed E-state index contributed by atoms with van der Waals surface area (Å²) in [5, 5.41) is 7.79. The number of pyridine rings is 1. The van der Waals surface area contributed by atoms with Gasteiger partial charge in [-0.1, -0.05) is 18.7 Å². The maximum absolute atomic E-state index is 16.1. The quantitative estimate of drug-likeness (QED) is 0.126. The molecule has 8 nitrogen and oxygen atoms in total. The third kappa shape index (κ3) is 5.49. The number of thiophene rings is 1. The van der Waals surface area contributed by atoms with Crippen molar-refractivity contribution in [3.8, 4) is 39.5 Å². The van der Waals surface area contributed by atoms with Gasteiger partial charge in [0.25, 0.3) is 0 Å². The minimum atomic E-state index is -0.764. The number of carbonyl (C=O) groups excluding carboxylic acids is 1. The highest BCUT2D eigenvalue weighted by Gasteiger charge is 2.32. The normalized spacial score (nSPS) is 17.8. The first kappa shape index (κ1) is 32.1. The van der Waals surface area contributed by atoms with Gasteiger partial charge in [0.2, 0.25) is 5.91 Å². The van der Waals surface area contributed by atoms with E-state index in [9.17, 15) is 9.18 Å². The second-order valence-corrected chi connectivity index (χ2v) is 13.3. The van der Waals surface area contributed by atoms with Crippen LogP contribution in [0.25, 0.3) is 43.9 Å². The molecule has 48 heavy (non-hydrogen) atoms.